The molecular formula is C24H33ClN2O5. The molecule has 8 heteroatoms. The first-order valence-electron chi connectivity index (χ1n) is 11.5. The molecule has 0 bridgehead atoms. The number of ether oxygens (including phenoxy) is 3. The molecule has 1 aromatic carbocycles. The number of benzene rings is 1. The van der Waals surface area contributed by atoms with Crippen molar-refractivity contribution in [1.29, 1.82) is 0 Å². The van der Waals surface area contributed by atoms with Crippen molar-refractivity contribution < 1.29 is 23.8 Å². The summed E-state index contributed by atoms with van der Waals surface area (Å²) < 4.78 is 16.8. The lowest BCUT2D eigenvalue weighted by molar-refractivity contribution is -0.139. The minimum absolute atomic E-state index is 0.0401. The van der Waals surface area contributed by atoms with Gasteiger partial charge in [-0.25, -0.2) is 4.79 Å². The van der Waals surface area contributed by atoms with E-state index in [0.29, 0.717) is 51.1 Å². The van der Waals surface area contributed by atoms with Gasteiger partial charge in [-0.3, -0.25) is 9.69 Å². The molecule has 1 aromatic rings. The van der Waals surface area contributed by atoms with Crippen molar-refractivity contribution in [3.8, 4) is 0 Å². The van der Waals surface area contributed by atoms with E-state index >= 15 is 0 Å². The van der Waals surface area contributed by atoms with E-state index in [1.807, 2.05) is 37.8 Å². The maximum absolute atomic E-state index is 13.1. The minimum Gasteiger partial charge on any atom is -0.444 e. The zero-order chi connectivity index (χ0) is 22.9. The van der Waals surface area contributed by atoms with Crippen LogP contribution in [0.25, 0.3) is 0 Å². The van der Waals surface area contributed by atoms with Crippen LogP contribution in [-0.2, 0) is 32.0 Å². The van der Waals surface area contributed by atoms with Gasteiger partial charge in [-0.2, -0.15) is 0 Å². The van der Waals surface area contributed by atoms with Gasteiger partial charge in [0.2, 0.25) is 5.91 Å². The number of nitrogens with zero attached hydrogens (tertiary/aromatic N) is 2. The Balaban J connectivity index is 1.57. The molecule has 0 aromatic heterocycles. The van der Waals surface area contributed by atoms with Crippen LogP contribution in [0.2, 0.25) is 5.02 Å². The van der Waals surface area contributed by atoms with Gasteiger partial charge in [-0.15, -0.1) is 0 Å². The van der Waals surface area contributed by atoms with E-state index < -0.39 is 5.60 Å². The molecule has 0 aliphatic carbocycles. The number of halogens is 1. The number of amides is 2. The predicted octanol–water partition coefficient (Wildman–Crippen LogP) is 3.96. The first-order chi connectivity index (χ1) is 15.2. The summed E-state index contributed by atoms with van der Waals surface area (Å²) in [6.07, 6.45) is 1.96. The average molecular weight is 465 g/mol. The van der Waals surface area contributed by atoms with Crippen LogP contribution in [-0.4, -0.2) is 66.9 Å². The van der Waals surface area contributed by atoms with Gasteiger partial charge in [0.05, 0.1) is 19.3 Å². The van der Waals surface area contributed by atoms with E-state index in [9.17, 15) is 9.59 Å². The molecule has 2 fully saturated rings. The highest BCUT2D eigenvalue weighted by molar-refractivity contribution is 6.30. The number of carbonyl (C=O) groups is 2. The Morgan fingerprint density at radius 2 is 1.84 bits per heavy atom. The molecule has 0 spiro atoms. The van der Waals surface area contributed by atoms with Gasteiger partial charge in [0.25, 0.3) is 0 Å². The minimum atomic E-state index is -0.571. The zero-order valence-electron chi connectivity index (χ0n) is 19.2. The summed E-state index contributed by atoms with van der Waals surface area (Å²) in [5.74, 6) is 0.246. The highest BCUT2D eigenvalue weighted by Crippen LogP contribution is 2.35. The number of hydrogen-bond donors (Lipinski definition) is 0. The highest BCUT2D eigenvalue weighted by atomic mass is 35.5. The van der Waals surface area contributed by atoms with E-state index in [0.717, 1.165) is 36.0 Å². The fourth-order valence-electron chi connectivity index (χ4n) is 4.78. The normalized spacial score (nSPS) is 22.4. The van der Waals surface area contributed by atoms with Crippen LogP contribution in [0.5, 0.6) is 0 Å². The number of carbonyl (C=O) groups excluding carboxylic acids is 2. The molecule has 0 N–H and O–H groups in total. The van der Waals surface area contributed by atoms with E-state index in [4.69, 9.17) is 25.8 Å². The Morgan fingerprint density at radius 1 is 1.09 bits per heavy atom. The highest BCUT2D eigenvalue weighted by Gasteiger charge is 2.36. The topological polar surface area (TPSA) is 68.3 Å². The van der Waals surface area contributed by atoms with Crippen LogP contribution in [0, 0.1) is 5.92 Å². The van der Waals surface area contributed by atoms with Crippen molar-refractivity contribution in [2.45, 2.75) is 58.2 Å². The van der Waals surface area contributed by atoms with Crippen molar-refractivity contribution in [3.63, 3.8) is 0 Å². The molecule has 176 valence electrons. The van der Waals surface area contributed by atoms with Crippen LogP contribution >= 0.6 is 11.6 Å². The Bertz CT molecular complexity index is 863. The molecule has 0 saturated carbocycles. The van der Waals surface area contributed by atoms with Crippen LogP contribution in [0.4, 0.5) is 4.79 Å². The van der Waals surface area contributed by atoms with Gasteiger partial charge >= 0.3 is 6.09 Å². The number of hydrogen-bond acceptors (Lipinski definition) is 5. The van der Waals surface area contributed by atoms with Crippen LogP contribution in [0.15, 0.2) is 12.1 Å². The standard InChI is InChI=1S/C24H33ClN2O5/c1-24(2,3)32-23(29)27-8-11-31-15-21(27)20-13-18(25)12-17-14-26(7-4-19(17)20)22(28)16-5-9-30-10-6-16/h12-13,16,21H,4-11,14-15H2,1-3H3/t21-/m1/s1. The Hall–Kier alpha value is -1.83. The lowest BCUT2D eigenvalue weighted by Gasteiger charge is -2.39. The molecule has 0 unspecified atom stereocenters. The molecule has 3 heterocycles. The molecule has 1 atom stereocenters. The van der Waals surface area contributed by atoms with E-state index in [1.165, 1.54) is 0 Å². The van der Waals surface area contributed by atoms with Gasteiger partial charge in [-0.1, -0.05) is 11.6 Å². The third-order valence-corrected chi connectivity index (χ3v) is 6.55. The van der Waals surface area contributed by atoms with Crippen molar-refractivity contribution in [1.82, 2.24) is 9.80 Å². The molecule has 32 heavy (non-hydrogen) atoms. The van der Waals surface area contributed by atoms with E-state index in [1.54, 1.807) is 4.90 Å². The third kappa shape index (κ3) is 5.21. The number of fused-ring (bicyclic) bond motifs is 1. The fourth-order valence-corrected chi connectivity index (χ4v) is 5.03. The third-order valence-electron chi connectivity index (χ3n) is 6.33. The molecule has 3 aliphatic heterocycles. The Labute approximate surface area is 194 Å². The Morgan fingerprint density at radius 3 is 2.56 bits per heavy atom. The van der Waals surface area contributed by atoms with E-state index in [-0.39, 0.29) is 24.0 Å². The average Bonchev–Trinajstić information content (AvgIpc) is 2.77. The lowest BCUT2D eigenvalue weighted by Crippen LogP contribution is -2.46. The summed E-state index contributed by atoms with van der Waals surface area (Å²) in [5, 5.41) is 0.605. The summed E-state index contributed by atoms with van der Waals surface area (Å²) in [4.78, 5) is 29.7. The smallest absolute Gasteiger partial charge is 0.410 e. The summed E-state index contributed by atoms with van der Waals surface area (Å²) in [6.45, 7) is 9.45. The second-order valence-corrected chi connectivity index (χ2v) is 10.2. The van der Waals surface area contributed by atoms with Gasteiger partial charge in [0.15, 0.2) is 0 Å². The molecule has 0 radical (unpaired) electrons. The molecule has 2 amide bonds. The SMILES string of the molecule is CC(C)(C)OC(=O)N1CCOC[C@@H]1c1cc(Cl)cc2c1CCN(C(=O)C1CCOCC1)C2. The first-order valence-corrected chi connectivity index (χ1v) is 11.9. The largest absolute Gasteiger partial charge is 0.444 e. The summed E-state index contributed by atoms with van der Waals surface area (Å²) in [6, 6.07) is 3.63. The van der Waals surface area contributed by atoms with Gasteiger partial charge in [-0.05, 0) is 68.9 Å². The van der Waals surface area contributed by atoms with Crippen molar-refractivity contribution >= 4 is 23.6 Å². The van der Waals surface area contributed by atoms with E-state index in [2.05, 4.69) is 0 Å². The van der Waals surface area contributed by atoms with Crippen LogP contribution in [0.3, 0.4) is 0 Å². The first kappa shape index (κ1) is 23.3. The maximum Gasteiger partial charge on any atom is 0.410 e. The second kappa shape index (κ2) is 9.57. The molecule has 2 saturated heterocycles. The molecule has 4 rings (SSSR count). The fraction of sp³-hybridized carbons (Fsp3) is 0.667. The van der Waals surface area contributed by atoms with Gasteiger partial charge < -0.3 is 19.1 Å². The summed E-state index contributed by atoms with van der Waals surface area (Å²) >= 11 is 6.52. The summed E-state index contributed by atoms with van der Waals surface area (Å²) in [5.41, 5.74) is 2.64. The molecule has 3 aliphatic rings. The number of morpholine rings is 1. The van der Waals surface area contributed by atoms with Crippen molar-refractivity contribution in [2.75, 3.05) is 39.5 Å². The Kier molecular flexibility index (Phi) is 6.98. The zero-order valence-corrected chi connectivity index (χ0v) is 20.0. The molecular weight excluding hydrogens is 432 g/mol. The quantitative estimate of drug-likeness (QED) is 0.662. The molecule has 7 nitrogen and oxygen atoms in total. The summed E-state index contributed by atoms with van der Waals surface area (Å²) in [7, 11) is 0. The van der Waals surface area contributed by atoms with Crippen molar-refractivity contribution in [2.24, 2.45) is 5.92 Å². The number of rotatable bonds is 2. The monoisotopic (exact) mass is 464 g/mol. The second-order valence-electron chi connectivity index (χ2n) is 9.79. The van der Waals surface area contributed by atoms with Gasteiger partial charge in [0, 0.05) is 43.8 Å². The van der Waals surface area contributed by atoms with Crippen molar-refractivity contribution in [3.05, 3.63) is 33.8 Å². The van der Waals surface area contributed by atoms with Crippen LogP contribution in [0.1, 0.15) is 56.3 Å². The maximum atomic E-state index is 13.1. The predicted molar refractivity (Wildman–Crippen MR) is 121 cm³/mol. The lowest BCUT2D eigenvalue weighted by atomic mass is 9.89. The van der Waals surface area contributed by atoms with Gasteiger partial charge in [0.1, 0.15) is 5.60 Å². The van der Waals surface area contributed by atoms with Crippen LogP contribution < -0.4 is 0 Å².